The lowest BCUT2D eigenvalue weighted by atomic mass is 10.0. The zero-order valence-corrected chi connectivity index (χ0v) is 28.3. The summed E-state index contributed by atoms with van der Waals surface area (Å²) in [5.41, 5.74) is 0. The van der Waals surface area contributed by atoms with Crippen LogP contribution in [0.25, 0.3) is 0 Å². The quantitative estimate of drug-likeness (QED) is 0.0755. The topological polar surface area (TPSA) is 6.48 Å². The van der Waals surface area contributed by atoms with Gasteiger partial charge in [0.05, 0.1) is 0 Å². The lowest BCUT2D eigenvalue weighted by molar-refractivity contribution is 0.142. The third-order valence-electron chi connectivity index (χ3n) is 9.42. The molecule has 0 saturated carbocycles. The summed E-state index contributed by atoms with van der Waals surface area (Å²) in [6.07, 6.45) is 48.8. The van der Waals surface area contributed by atoms with E-state index in [4.69, 9.17) is 0 Å². The summed E-state index contributed by atoms with van der Waals surface area (Å²) in [5.74, 6) is 0. The second-order valence-electron chi connectivity index (χ2n) is 13.2. The number of rotatable bonds is 32. The van der Waals surface area contributed by atoms with Crippen LogP contribution in [0, 0.1) is 0 Å². The molecule has 40 heavy (non-hydrogen) atoms. The number of nitrogens with zero attached hydrogens (tertiary/aromatic N) is 2. The van der Waals surface area contributed by atoms with Gasteiger partial charge in [-0.2, -0.15) is 0 Å². The molecule has 1 atom stereocenters. The van der Waals surface area contributed by atoms with Gasteiger partial charge < -0.3 is 9.80 Å². The van der Waals surface area contributed by atoms with Crippen LogP contribution < -0.4 is 0 Å². The van der Waals surface area contributed by atoms with E-state index in [0.29, 0.717) is 6.17 Å². The zero-order chi connectivity index (χ0) is 28.8. The number of hydrogen-bond donors (Lipinski definition) is 0. The van der Waals surface area contributed by atoms with E-state index in [-0.39, 0.29) is 0 Å². The van der Waals surface area contributed by atoms with Crippen molar-refractivity contribution in [3.05, 3.63) is 12.4 Å². The van der Waals surface area contributed by atoms with Gasteiger partial charge in [0, 0.05) is 25.5 Å². The molecule has 0 aromatic rings. The fraction of sp³-hybridized carbons (Fsp3) is 0.947. The van der Waals surface area contributed by atoms with Gasteiger partial charge in [0.25, 0.3) is 0 Å². The summed E-state index contributed by atoms with van der Waals surface area (Å²) in [6, 6.07) is 0. The summed E-state index contributed by atoms with van der Waals surface area (Å²) < 4.78 is 0. The second kappa shape index (κ2) is 29.8. The van der Waals surface area contributed by atoms with Gasteiger partial charge in [0.2, 0.25) is 0 Å². The van der Waals surface area contributed by atoms with E-state index < -0.39 is 0 Å². The minimum absolute atomic E-state index is 0.633. The minimum atomic E-state index is 0.633. The highest BCUT2D eigenvalue weighted by molar-refractivity contribution is 4.96. The smallest absolute Gasteiger partial charge is 0.101 e. The largest absolute Gasteiger partial charge is 0.356 e. The van der Waals surface area contributed by atoms with Crippen molar-refractivity contribution in [1.29, 1.82) is 0 Å². The summed E-state index contributed by atoms with van der Waals surface area (Å²) in [5, 5.41) is 0. The lowest BCUT2D eigenvalue weighted by Gasteiger charge is -2.32. The van der Waals surface area contributed by atoms with E-state index in [2.05, 4.69) is 43.0 Å². The van der Waals surface area contributed by atoms with E-state index >= 15 is 0 Å². The number of unbranched alkanes of at least 4 members (excludes halogenated alkanes) is 27. The Kier molecular flexibility index (Phi) is 27.9. The highest BCUT2D eigenvalue weighted by Crippen LogP contribution is 2.23. The van der Waals surface area contributed by atoms with Gasteiger partial charge in [-0.05, 0) is 26.2 Å². The van der Waals surface area contributed by atoms with Crippen molar-refractivity contribution >= 4 is 0 Å². The molecule has 1 unspecified atom stereocenters. The van der Waals surface area contributed by atoms with Gasteiger partial charge in [-0.25, -0.2) is 0 Å². The summed E-state index contributed by atoms with van der Waals surface area (Å²) in [7, 11) is 0. The molecule has 2 nitrogen and oxygen atoms in total. The SMILES string of the molecule is CCCCCCCCCCCCCCCCCCC1N(CC)C=CN1CCCCCCCCCCCCCCC. The average molecular weight is 561 g/mol. The molecule has 2 heteroatoms. The van der Waals surface area contributed by atoms with Crippen molar-refractivity contribution in [3.63, 3.8) is 0 Å². The van der Waals surface area contributed by atoms with Crippen molar-refractivity contribution in [2.75, 3.05) is 13.1 Å². The van der Waals surface area contributed by atoms with Crippen molar-refractivity contribution in [3.8, 4) is 0 Å². The predicted octanol–water partition coefficient (Wildman–Crippen LogP) is 13.2. The van der Waals surface area contributed by atoms with Crippen molar-refractivity contribution in [1.82, 2.24) is 9.80 Å². The Bertz CT molecular complexity index is 516. The Labute approximate surface area is 254 Å². The van der Waals surface area contributed by atoms with Crippen molar-refractivity contribution in [2.45, 2.75) is 220 Å². The van der Waals surface area contributed by atoms with Gasteiger partial charge in [0.15, 0.2) is 0 Å². The van der Waals surface area contributed by atoms with Gasteiger partial charge in [0.1, 0.15) is 6.17 Å². The molecule has 1 aliphatic rings. The van der Waals surface area contributed by atoms with Crippen LogP contribution in [0.1, 0.15) is 213 Å². The summed E-state index contributed by atoms with van der Waals surface area (Å²) in [4.78, 5) is 5.24. The third-order valence-corrected chi connectivity index (χ3v) is 9.42. The minimum Gasteiger partial charge on any atom is -0.356 e. The standard InChI is InChI=1S/C38H76N2/c1-4-7-9-11-13-15-17-19-20-21-22-24-26-28-30-32-34-38-39(6-3)36-37-40(38)35-33-31-29-27-25-23-18-16-14-12-10-8-5-2/h36-38H,4-35H2,1-3H3. The highest BCUT2D eigenvalue weighted by Gasteiger charge is 2.23. The number of hydrogen-bond acceptors (Lipinski definition) is 2. The average Bonchev–Trinajstić information content (AvgIpc) is 3.36. The molecular formula is C38H76N2. The van der Waals surface area contributed by atoms with E-state index in [9.17, 15) is 0 Å². The van der Waals surface area contributed by atoms with Crippen molar-refractivity contribution < 1.29 is 0 Å². The molecule has 0 aromatic carbocycles. The molecule has 0 aliphatic carbocycles. The van der Waals surface area contributed by atoms with Gasteiger partial charge in [-0.3, -0.25) is 0 Å². The van der Waals surface area contributed by atoms with Crippen LogP contribution in [0.15, 0.2) is 12.4 Å². The maximum atomic E-state index is 2.66. The van der Waals surface area contributed by atoms with Crippen LogP contribution in [0.5, 0.6) is 0 Å². The fourth-order valence-electron chi connectivity index (χ4n) is 6.62. The first-order chi connectivity index (χ1) is 19.8. The third kappa shape index (κ3) is 22.0. The van der Waals surface area contributed by atoms with E-state index in [1.807, 2.05) is 0 Å². The van der Waals surface area contributed by atoms with Crippen LogP contribution >= 0.6 is 0 Å². The van der Waals surface area contributed by atoms with Crippen molar-refractivity contribution in [2.24, 2.45) is 0 Å². The molecule has 1 rings (SSSR count). The summed E-state index contributed by atoms with van der Waals surface area (Å²) in [6.45, 7) is 9.34. The normalized spacial score (nSPS) is 15.1. The fourth-order valence-corrected chi connectivity index (χ4v) is 6.62. The Morgan fingerprint density at radius 2 is 0.650 bits per heavy atom. The van der Waals surface area contributed by atoms with Crippen LogP contribution in [-0.2, 0) is 0 Å². The molecule has 0 fully saturated rings. The van der Waals surface area contributed by atoms with Crippen LogP contribution in [-0.4, -0.2) is 29.1 Å². The Morgan fingerprint density at radius 3 is 1.00 bits per heavy atom. The van der Waals surface area contributed by atoms with Gasteiger partial charge in [-0.1, -0.05) is 187 Å². The maximum absolute atomic E-state index is 2.66. The van der Waals surface area contributed by atoms with Gasteiger partial charge >= 0.3 is 0 Å². The van der Waals surface area contributed by atoms with E-state index in [1.165, 1.54) is 199 Å². The van der Waals surface area contributed by atoms with Crippen LogP contribution in [0.3, 0.4) is 0 Å². The molecule has 0 aromatic heterocycles. The Balaban J connectivity index is 1.92. The molecule has 1 aliphatic heterocycles. The van der Waals surface area contributed by atoms with E-state index in [0.717, 1.165) is 6.54 Å². The first-order valence-electron chi connectivity index (χ1n) is 19.0. The van der Waals surface area contributed by atoms with E-state index in [1.54, 1.807) is 0 Å². The predicted molar refractivity (Wildman–Crippen MR) is 182 cm³/mol. The second-order valence-corrected chi connectivity index (χ2v) is 13.2. The Hall–Kier alpha value is -0.660. The molecule has 0 bridgehead atoms. The first kappa shape index (κ1) is 37.4. The molecule has 0 N–H and O–H groups in total. The Morgan fingerprint density at radius 1 is 0.350 bits per heavy atom. The molecule has 0 spiro atoms. The summed E-state index contributed by atoms with van der Waals surface area (Å²) >= 11 is 0. The molecular weight excluding hydrogens is 484 g/mol. The molecule has 0 amide bonds. The molecule has 0 saturated heterocycles. The van der Waals surface area contributed by atoms with Crippen LogP contribution in [0.4, 0.5) is 0 Å². The van der Waals surface area contributed by atoms with Crippen LogP contribution in [0.2, 0.25) is 0 Å². The first-order valence-corrected chi connectivity index (χ1v) is 19.0. The molecule has 0 radical (unpaired) electrons. The molecule has 238 valence electrons. The maximum Gasteiger partial charge on any atom is 0.101 e. The monoisotopic (exact) mass is 561 g/mol. The molecule has 1 heterocycles. The van der Waals surface area contributed by atoms with Gasteiger partial charge in [-0.15, -0.1) is 0 Å². The lowest BCUT2D eigenvalue weighted by Crippen LogP contribution is -2.38. The highest BCUT2D eigenvalue weighted by atomic mass is 15.4. The zero-order valence-electron chi connectivity index (χ0n) is 28.3.